The topological polar surface area (TPSA) is 68.1 Å². The van der Waals surface area contributed by atoms with E-state index in [1.165, 1.54) is 12.1 Å². The van der Waals surface area contributed by atoms with Gasteiger partial charge in [-0.1, -0.05) is 17.7 Å². The highest BCUT2D eigenvalue weighted by atomic mass is 35.5. The monoisotopic (exact) mass is 291 g/mol. The predicted molar refractivity (Wildman–Crippen MR) is 77.6 cm³/mol. The van der Waals surface area contributed by atoms with Crippen LogP contribution < -0.4 is 5.32 Å². The van der Waals surface area contributed by atoms with Gasteiger partial charge in [-0.2, -0.15) is 0 Å². The molecular formula is C14H14ClN3O2. The Labute approximate surface area is 121 Å². The van der Waals surface area contributed by atoms with Crippen LogP contribution in [-0.4, -0.2) is 9.91 Å². The normalized spacial score (nSPS) is 12.1. The van der Waals surface area contributed by atoms with E-state index in [2.05, 4.69) is 10.3 Å². The van der Waals surface area contributed by atoms with Gasteiger partial charge in [-0.3, -0.25) is 15.1 Å². The summed E-state index contributed by atoms with van der Waals surface area (Å²) in [6.07, 6.45) is 3.50. The highest BCUT2D eigenvalue weighted by Gasteiger charge is 2.11. The number of nitrogens with one attached hydrogen (secondary N) is 1. The molecule has 0 aliphatic rings. The van der Waals surface area contributed by atoms with E-state index in [9.17, 15) is 10.1 Å². The molecule has 6 heteroatoms. The second kappa shape index (κ2) is 6.45. The van der Waals surface area contributed by atoms with Gasteiger partial charge in [0.1, 0.15) is 0 Å². The van der Waals surface area contributed by atoms with E-state index in [0.29, 0.717) is 17.1 Å². The van der Waals surface area contributed by atoms with Crippen LogP contribution in [0.25, 0.3) is 0 Å². The predicted octanol–water partition coefficient (Wildman–Crippen LogP) is 3.49. The minimum atomic E-state index is -0.426. The Hall–Kier alpha value is -1.98. The number of aromatic nitrogens is 1. The molecule has 2 rings (SSSR count). The van der Waals surface area contributed by atoms with Crippen LogP contribution in [-0.2, 0) is 6.54 Å². The van der Waals surface area contributed by atoms with Crippen LogP contribution in [0, 0.1) is 10.1 Å². The van der Waals surface area contributed by atoms with Crippen molar-refractivity contribution in [3.63, 3.8) is 0 Å². The number of halogens is 1. The minimum absolute atomic E-state index is 0.0419. The van der Waals surface area contributed by atoms with Gasteiger partial charge in [-0.15, -0.1) is 0 Å². The summed E-state index contributed by atoms with van der Waals surface area (Å²) in [4.78, 5) is 14.4. The number of pyridine rings is 1. The second-order valence-corrected chi connectivity index (χ2v) is 4.83. The molecule has 0 fully saturated rings. The Bertz CT molecular complexity index is 605. The molecule has 2 aromatic rings. The Morgan fingerprint density at radius 3 is 2.90 bits per heavy atom. The molecule has 0 spiro atoms. The highest BCUT2D eigenvalue weighted by Crippen LogP contribution is 2.22. The molecule has 5 nitrogen and oxygen atoms in total. The summed E-state index contributed by atoms with van der Waals surface area (Å²) in [6, 6.07) is 8.36. The average Bonchev–Trinajstić information content (AvgIpc) is 2.46. The van der Waals surface area contributed by atoms with Gasteiger partial charge in [0, 0.05) is 42.1 Å². The van der Waals surface area contributed by atoms with Crippen molar-refractivity contribution in [3.05, 3.63) is 69.0 Å². The summed E-state index contributed by atoms with van der Waals surface area (Å²) in [5, 5.41) is 14.5. The van der Waals surface area contributed by atoms with Crippen molar-refractivity contribution in [3.8, 4) is 0 Å². The summed E-state index contributed by atoms with van der Waals surface area (Å²) in [7, 11) is 0. The van der Waals surface area contributed by atoms with Gasteiger partial charge in [-0.05, 0) is 30.2 Å². The Balaban J connectivity index is 2.07. The lowest BCUT2D eigenvalue weighted by Crippen LogP contribution is -2.18. The van der Waals surface area contributed by atoms with Gasteiger partial charge >= 0.3 is 0 Å². The zero-order valence-electron chi connectivity index (χ0n) is 10.9. The molecule has 0 aliphatic heterocycles. The van der Waals surface area contributed by atoms with Crippen LogP contribution in [0.1, 0.15) is 24.1 Å². The van der Waals surface area contributed by atoms with Gasteiger partial charge in [0.2, 0.25) is 0 Å². The number of nitrogens with zero attached hydrogens (tertiary/aromatic N) is 2. The third-order valence-electron chi connectivity index (χ3n) is 3.02. The molecule has 0 saturated heterocycles. The first-order valence-electron chi connectivity index (χ1n) is 6.14. The molecular weight excluding hydrogens is 278 g/mol. The van der Waals surface area contributed by atoms with E-state index in [1.54, 1.807) is 18.5 Å². The molecule has 1 aromatic carbocycles. The Morgan fingerprint density at radius 1 is 1.45 bits per heavy atom. The fourth-order valence-electron chi connectivity index (χ4n) is 1.82. The van der Waals surface area contributed by atoms with Crippen LogP contribution in [0.4, 0.5) is 5.69 Å². The van der Waals surface area contributed by atoms with Crippen LogP contribution in [0.3, 0.4) is 0 Å². The molecule has 0 amide bonds. The Morgan fingerprint density at radius 2 is 2.25 bits per heavy atom. The number of nitro groups is 1. The maximum Gasteiger partial charge on any atom is 0.269 e. The zero-order valence-corrected chi connectivity index (χ0v) is 11.7. The van der Waals surface area contributed by atoms with Gasteiger partial charge in [0.25, 0.3) is 5.69 Å². The fraction of sp³-hybridized carbons (Fsp3) is 0.214. The molecule has 0 bridgehead atoms. The van der Waals surface area contributed by atoms with Crippen molar-refractivity contribution < 1.29 is 4.92 Å². The summed E-state index contributed by atoms with van der Waals surface area (Å²) < 4.78 is 0. The molecule has 1 unspecified atom stereocenters. The summed E-state index contributed by atoms with van der Waals surface area (Å²) in [5.41, 5.74) is 1.80. The third kappa shape index (κ3) is 3.53. The largest absolute Gasteiger partial charge is 0.306 e. The fourth-order valence-corrected chi connectivity index (χ4v) is 2.01. The Kier molecular flexibility index (Phi) is 4.65. The third-order valence-corrected chi connectivity index (χ3v) is 3.39. The number of non-ortho nitro benzene ring substituents is 1. The van der Waals surface area contributed by atoms with E-state index in [4.69, 9.17) is 11.6 Å². The van der Waals surface area contributed by atoms with E-state index in [1.807, 2.05) is 19.1 Å². The van der Waals surface area contributed by atoms with Crippen molar-refractivity contribution in [1.82, 2.24) is 10.3 Å². The maximum absolute atomic E-state index is 10.8. The number of nitro benzene ring substituents is 1. The first kappa shape index (κ1) is 14.4. The molecule has 0 radical (unpaired) electrons. The number of rotatable bonds is 5. The van der Waals surface area contributed by atoms with Crippen LogP contribution in [0.15, 0.2) is 42.7 Å². The lowest BCUT2D eigenvalue weighted by Gasteiger charge is -2.14. The second-order valence-electron chi connectivity index (χ2n) is 4.42. The molecule has 0 aliphatic carbocycles. The average molecular weight is 292 g/mol. The molecule has 0 saturated carbocycles. The smallest absolute Gasteiger partial charge is 0.269 e. The van der Waals surface area contributed by atoms with E-state index < -0.39 is 4.92 Å². The number of hydrogen-bond donors (Lipinski definition) is 1. The van der Waals surface area contributed by atoms with Crippen LogP contribution >= 0.6 is 11.6 Å². The van der Waals surface area contributed by atoms with Crippen molar-refractivity contribution in [1.29, 1.82) is 0 Å². The van der Waals surface area contributed by atoms with Crippen molar-refractivity contribution in [2.45, 2.75) is 19.5 Å². The molecule has 20 heavy (non-hydrogen) atoms. The standard InChI is InChI=1S/C14H14ClN3O2/c1-10(11-3-2-6-16-8-11)17-9-12-7-13(18(19)20)4-5-14(12)15/h2-8,10,17H,9H2,1H3. The first-order chi connectivity index (χ1) is 9.58. The lowest BCUT2D eigenvalue weighted by molar-refractivity contribution is -0.384. The minimum Gasteiger partial charge on any atom is -0.306 e. The van der Waals surface area contributed by atoms with E-state index in [0.717, 1.165) is 5.56 Å². The number of hydrogen-bond acceptors (Lipinski definition) is 4. The van der Waals surface area contributed by atoms with Crippen molar-refractivity contribution in [2.75, 3.05) is 0 Å². The van der Waals surface area contributed by atoms with Gasteiger partial charge in [0.05, 0.1) is 4.92 Å². The maximum atomic E-state index is 10.8. The van der Waals surface area contributed by atoms with Crippen molar-refractivity contribution >= 4 is 17.3 Å². The van der Waals surface area contributed by atoms with Crippen LogP contribution in [0.2, 0.25) is 5.02 Å². The molecule has 1 heterocycles. The number of benzene rings is 1. The van der Waals surface area contributed by atoms with E-state index in [-0.39, 0.29) is 11.7 Å². The van der Waals surface area contributed by atoms with Crippen molar-refractivity contribution in [2.24, 2.45) is 0 Å². The van der Waals surface area contributed by atoms with Crippen LogP contribution in [0.5, 0.6) is 0 Å². The highest BCUT2D eigenvalue weighted by molar-refractivity contribution is 6.31. The molecule has 1 aromatic heterocycles. The van der Waals surface area contributed by atoms with E-state index >= 15 is 0 Å². The molecule has 1 atom stereocenters. The lowest BCUT2D eigenvalue weighted by atomic mass is 10.1. The zero-order chi connectivity index (χ0) is 14.5. The first-order valence-corrected chi connectivity index (χ1v) is 6.52. The summed E-state index contributed by atoms with van der Waals surface area (Å²) in [6.45, 7) is 2.46. The van der Waals surface area contributed by atoms with Gasteiger partial charge in [-0.25, -0.2) is 0 Å². The summed E-state index contributed by atoms with van der Waals surface area (Å²) in [5.74, 6) is 0. The molecule has 104 valence electrons. The van der Waals surface area contributed by atoms with Gasteiger partial charge in [0.15, 0.2) is 0 Å². The quantitative estimate of drug-likeness (QED) is 0.676. The van der Waals surface area contributed by atoms with Gasteiger partial charge < -0.3 is 5.32 Å². The summed E-state index contributed by atoms with van der Waals surface area (Å²) >= 11 is 6.06. The molecule has 1 N–H and O–H groups in total. The SMILES string of the molecule is CC(NCc1cc([N+](=O)[O-])ccc1Cl)c1cccnc1.